The second kappa shape index (κ2) is 6.03. The highest BCUT2D eigenvalue weighted by Crippen LogP contribution is 2.16. The van der Waals surface area contributed by atoms with Gasteiger partial charge in [-0.1, -0.05) is 0 Å². The molecule has 12 heavy (non-hydrogen) atoms. The van der Waals surface area contributed by atoms with Gasteiger partial charge in [-0.2, -0.15) is 0 Å². The van der Waals surface area contributed by atoms with Gasteiger partial charge in [-0.05, 0) is 38.8 Å². The molecule has 74 valence electrons. The second-order valence-corrected chi connectivity index (χ2v) is 3.41. The molecule has 2 aliphatic rings. The third-order valence-corrected chi connectivity index (χ3v) is 2.68. The number of nitrogens with one attached hydrogen (secondary N) is 2. The SMILES string of the molecule is C1CN[C@@H]2CCCN[C@@H]2C1.Cl.Cl. The Morgan fingerprint density at radius 3 is 1.58 bits per heavy atom. The van der Waals surface area contributed by atoms with Crippen molar-refractivity contribution in [3.8, 4) is 0 Å². The Labute approximate surface area is 86.7 Å². The first-order chi connectivity index (χ1) is 4.97. The molecule has 2 heterocycles. The van der Waals surface area contributed by atoms with Gasteiger partial charge in [0.2, 0.25) is 0 Å². The fourth-order valence-electron chi connectivity index (χ4n) is 2.11. The Kier molecular flexibility index (Phi) is 6.28. The van der Waals surface area contributed by atoms with Gasteiger partial charge in [0, 0.05) is 12.1 Å². The lowest BCUT2D eigenvalue weighted by molar-refractivity contribution is 0.251. The van der Waals surface area contributed by atoms with Crippen LogP contribution in [0, 0.1) is 0 Å². The molecule has 0 bridgehead atoms. The first-order valence-electron chi connectivity index (χ1n) is 4.43. The van der Waals surface area contributed by atoms with Gasteiger partial charge in [0.05, 0.1) is 0 Å². The molecule has 2 N–H and O–H groups in total. The summed E-state index contributed by atoms with van der Waals surface area (Å²) < 4.78 is 0. The van der Waals surface area contributed by atoms with Crippen LogP contribution in [0.15, 0.2) is 0 Å². The van der Waals surface area contributed by atoms with Crippen molar-refractivity contribution in [3.05, 3.63) is 0 Å². The zero-order valence-electron chi connectivity index (χ0n) is 7.21. The lowest BCUT2D eigenvalue weighted by Crippen LogP contribution is -2.54. The van der Waals surface area contributed by atoms with Crippen LogP contribution in [-0.4, -0.2) is 25.2 Å². The Morgan fingerprint density at radius 2 is 1.17 bits per heavy atom. The van der Waals surface area contributed by atoms with Crippen molar-refractivity contribution in [3.63, 3.8) is 0 Å². The molecular formula is C8H18Cl2N2. The first kappa shape index (κ1) is 12.5. The largest absolute Gasteiger partial charge is 0.312 e. The molecule has 4 heteroatoms. The van der Waals surface area contributed by atoms with E-state index in [1.807, 2.05) is 0 Å². The summed E-state index contributed by atoms with van der Waals surface area (Å²) in [6, 6.07) is 1.59. The summed E-state index contributed by atoms with van der Waals surface area (Å²) in [6.45, 7) is 2.48. The fourth-order valence-corrected chi connectivity index (χ4v) is 2.11. The van der Waals surface area contributed by atoms with Crippen LogP contribution in [0.5, 0.6) is 0 Å². The minimum atomic E-state index is 0. The van der Waals surface area contributed by atoms with E-state index >= 15 is 0 Å². The Balaban J connectivity index is 0.000000605. The zero-order valence-corrected chi connectivity index (χ0v) is 8.85. The van der Waals surface area contributed by atoms with Gasteiger partial charge in [-0.3, -0.25) is 0 Å². The smallest absolute Gasteiger partial charge is 0.0221 e. The van der Waals surface area contributed by atoms with Crippen molar-refractivity contribution in [2.75, 3.05) is 13.1 Å². The average molecular weight is 213 g/mol. The zero-order chi connectivity index (χ0) is 6.81. The summed E-state index contributed by atoms with van der Waals surface area (Å²) in [5, 5.41) is 7.12. The number of fused-ring (bicyclic) bond motifs is 1. The minimum absolute atomic E-state index is 0. The number of halogens is 2. The van der Waals surface area contributed by atoms with Gasteiger partial charge in [0.25, 0.3) is 0 Å². The molecule has 2 saturated heterocycles. The second-order valence-electron chi connectivity index (χ2n) is 3.41. The molecular weight excluding hydrogens is 195 g/mol. The lowest BCUT2D eigenvalue weighted by Gasteiger charge is -2.37. The normalized spacial score (nSPS) is 34.0. The Bertz CT molecular complexity index is 95.6. The lowest BCUT2D eigenvalue weighted by atomic mass is 9.92. The first-order valence-corrected chi connectivity index (χ1v) is 4.43. The number of rotatable bonds is 0. The summed E-state index contributed by atoms with van der Waals surface area (Å²) in [4.78, 5) is 0. The molecule has 2 fully saturated rings. The van der Waals surface area contributed by atoms with Gasteiger partial charge in [-0.25, -0.2) is 0 Å². The quantitative estimate of drug-likeness (QED) is 0.634. The molecule has 2 aliphatic heterocycles. The third kappa shape index (κ3) is 2.77. The molecule has 2 atom stereocenters. The van der Waals surface area contributed by atoms with Gasteiger partial charge in [0.15, 0.2) is 0 Å². The van der Waals surface area contributed by atoms with Crippen molar-refractivity contribution in [2.45, 2.75) is 37.8 Å². The summed E-state index contributed by atoms with van der Waals surface area (Å²) in [7, 11) is 0. The number of hydrogen-bond acceptors (Lipinski definition) is 2. The summed E-state index contributed by atoms with van der Waals surface area (Å²) in [5.74, 6) is 0. The molecule has 0 aromatic heterocycles. The summed E-state index contributed by atoms with van der Waals surface area (Å²) in [5.41, 5.74) is 0. The predicted octanol–water partition coefficient (Wildman–Crippen LogP) is 1.33. The van der Waals surface area contributed by atoms with Gasteiger partial charge >= 0.3 is 0 Å². The Morgan fingerprint density at radius 1 is 0.750 bits per heavy atom. The fraction of sp³-hybridized carbons (Fsp3) is 1.00. The van der Waals surface area contributed by atoms with E-state index in [4.69, 9.17) is 0 Å². The van der Waals surface area contributed by atoms with Crippen molar-refractivity contribution in [2.24, 2.45) is 0 Å². The molecule has 2 nitrogen and oxygen atoms in total. The maximum atomic E-state index is 3.56. The molecule has 0 aromatic carbocycles. The van der Waals surface area contributed by atoms with E-state index in [1.54, 1.807) is 0 Å². The van der Waals surface area contributed by atoms with E-state index in [-0.39, 0.29) is 24.8 Å². The van der Waals surface area contributed by atoms with E-state index in [2.05, 4.69) is 10.6 Å². The topological polar surface area (TPSA) is 24.1 Å². The third-order valence-electron chi connectivity index (χ3n) is 2.68. The van der Waals surface area contributed by atoms with E-state index in [0.29, 0.717) is 0 Å². The van der Waals surface area contributed by atoms with Crippen molar-refractivity contribution in [1.29, 1.82) is 0 Å². The molecule has 2 rings (SSSR count). The molecule has 0 radical (unpaired) electrons. The number of hydrogen-bond donors (Lipinski definition) is 2. The van der Waals surface area contributed by atoms with Gasteiger partial charge in [-0.15, -0.1) is 24.8 Å². The van der Waals surface area contributed by atoms with Crippen LogP contribution in [0.4, 0.5) is 0 Å². The predicted molar refractivity (Wildman–Crippen MR) is 56.5 cm³/mol. The van der Waals surface area contributed by atoms with Crippen molar-refractivity contribution in [1.82, 2.24) is 10.6 Å². The minimum Gasteiger partial charge on any atom is -0.312 e. The average Bonchev–Trinajstić information content (AvgIpc) is 2.05. The summed E-state index contributed by atoms with van der Waals surface area (Å²) in [6.07, 6.45) is 5.48. The summed E-state index contributed by atoms with van der Waals surface area (Å²) >= 11 is 0. The van der Waals surface area contributed by atoms with E-state index in [0.717, 1.165) is 12.1 Å². The van der Waals surface area contributed by atoms with Crippen molar-refractivity contribution < 1.29 is 0 Å². The molecule has 0 unspecified atom stereocenters. The maximum Gasteiger partial charge on any atom is 0.0221 e. The highest BCUT2D eigenvalue weighted by atomic mass is 35.5. The maximum absolute atomic E-state index is 3.56. The van der Waals surface area contributed by atoms with E-state index in [1.165, 1.54) is 38.8 Å². The molecule has 0 amide bonds. The molecule has 0 saturated carbocycles. The molecule has 0 aliphatic carbocycles. The van der Waals surface area contributed by atoms with Crippen LogP contribution in [0.1, 0.15) is 25.7 Å². The van der Waals surface area contributed by atoms with Crippen LogP contribution in [0.2, 0.25) is 0 Å². The van der Waals surface area contributed by atoms with Crippen LogP contribution in [-0.2, 0) is 0 Å². The van der Waals surface area contributed by atoms with Crippen molar-refractivity contribution >= 4 is 24.8 Å². The molecule has 0 aromatic rings. The van der Waals surface area contributed by atoms with Gasteiger partial charge < -0.3 is 10.6 Å². The molecule has 0 spiro atoms. The van der Waals surface area contributed by atoms with Crippen LogP contribution < -0.4 is 10.6 Å². The van der Waals surface area contributed by atoms with Crippen LogP contribution >= 0.6 is 24.8 Å². The monoisotopic (exact) mass is 212 g/mol. The van der Waals surface area contributed by atoms with E-state index in [9.17, 15) is 0 Å². The van der Waals surface area contributed by atoms with Crippen LogP contribution in [0.25, 0.3) is 0 Å². The Hall–Kier alpha value is 0.500. The standard InChI is InChI=1S/C8H16N2.2ClH/c1-3-7-8(9-5-1)4-2-6-10-7;;/h7-10H,1-6H2;2*1H/t7-,8-;;/m1../s1. The highest BCUT2D eigenvalue weighted by molar-refractivity contribution is 5.85. The highest BCUT2D eigenvalue weighted by Gasteiger charge is 2.26. The van der Waals surface area contributed by atoms with Gasteiger partial charge in [0.1, 0.15) is 0 Å². The number of piperidine rings is 2. The van der Waals surface area contributed by atoms with Crippen LogP contribution in [0.3, 0.4) is 0 Å². The van der Waals surface area contributed by atoms with E-state index < -0.39 is 0 Å².